The molecule has 94 valence electrons. The Morgan fingerprint density at radius 3 is 2.76 bits per heavy atom. The summed E-state index contributed by atoms with van der Waals surface area (Å²) in [6, 6.07) is 0. The van der Waals surface area contributed by atoms with Gasteiger partial charge in [-0.05, 0) is 51.2 Å². The predicted octanol–water partition coefficient (Wildman–Crippen LogP) is 2.46. The second kappa shape index (κ2) is 7.73. The van der Waals surface area contributed by atoms with E-state index in [1.807, 2.05) is 0 Å². The molecular formula is C10H14Br2N4O. The van der Waals surface area contributed by atoms with Crippen LogP contribution in [0.2, 0.25) is 0 Å². The zero-order valence-electron chi connectivity index (χ0n) is 9.25. The average molecular weight is 366 g/mol. The van der Waals surface area contributed by atoms with Crippen LogP contribution in [0, 0.1) is 0 Å². The van der Waals surface area contributed by atoms with Crippen LogP contribution in [0.4, 0.5) is 5.82 Å². The third kappa shape index (κ3) is 5.56. The van der Waals surface area contributed by atoms with Gasteiger partial charge in [0.2, 0.25) is 5.91 Å². The molecule has 5 nitrogen and oxygen atoms in total. The third-order valence-electron chi connectivity index (χ3n) is 2.07. The van der Waals surface area contributed by atoms with Crippen molar-refractivity contribution in [2.75, 3.05) is 11.9 Å². The molecule has 1 aromatic heterocycles. The Labute approximate surface area is 117 Å². The summed E-state index contributed by atoms with van der Waals surface area (Å²) < 4.78 is 1.13. The molecule has 1 rings (SSSR count). The minimum absolute atomic E-state index is 0.0562. The van der Waals surface area contributed by atoms with Gasteiger partial charge in [-0.25, -0.2) is 9.97 Å². The SMILES string of the molecule is NCCCCCC(=O)Nc1ncc(Br)nc1Br. The Morgan fingerprint density at radius 2 is 2.12 bits per heavy atom. The zero-order chi connectivity index (χ0) is 12.7. The molecule has 0 aliphatic rings. The van der Waals surface area contributed by atoms with Crippen molar-refractivity contribution in [3.8, 4) is 0 Å². The number of nitrogens with two attached hydrogens (primary N) is 1. The first-order chi connectivity index (χ1) is 8.13. The highest BCUT2D eigenvalue weighted by molar-refractivity contribution is 9.11. The van der Waals surface area contributed by atoms with Gasteiger partial charge in [0.15, 0.2) is 5.82 Å². The van der Waals surface area contributed by atoms with Crippen molar-refractivity contribution in [2.45, 2.75) is 25.7 Å². The maximum atomic E-state index is 11.6. The van der Waals surface area contributed by atoms with E-state index < -0.39 is 0 Å². The van der Waals surface area contributed by atoms with Crippen molar-refractivity contribution in [1.29, 1.82) is 0 Å². The molecule has 0 saturated carbocycles. The van der Waals surface area contributed by atoms with Crippen LogP contribution in [0.25, 0.3) is 0 Å². The number of carbonyl (C=O) groups is 1. The number of unbranched alkanes of at least 4 members (excludes halogenated alkanes) is 2. The number of nitrogens with zero attached hydrogens (tertiary/aromatic N) is 2. The van der Waals surface area contributed by atoms with Crippen LogP contribution in [0.3, 0.4) is 0 Å². The number of anilines is 1. The van der Waals surface area contributed by atoms with Gasteiger partial charge in [-0.15, -0.1) is 0 Å². The minimum Gasteiger partial charge on any atom is -0.330 e. The number of aromatic nitrogens is 2. The molecule has 0 aromatic carbocycles. The van der Waals surface area contributed by atoms with Gasteiger partial charge < -0.3 is 11.1 Å². The highest BCUT2D eigenvalue weighted by Gasteiger charge is 2.08. The van der Waals surface area contributed by atoms with E-state index in [1.165, 1.54) is 6.20 Å². The van der Waals surface area contributed by atoms with Gasteiger partial charge in [0.05, 0.1) is 6.20 Å². The molecule has 0 unspecified atom stereocenters. The van der Waals surface area contributed by atoms with Gasteiger partial charge in [-0.2, -0.15) is 0 Å². The van der Waals surface area contributed by atoms with Crippen LogP contribution in [-0.2, 0) is 4.79 Å². The Kier molecular flexibility index (Phi) is 6.61. The standard InChI is InChI=1S/C10H14Br2N4O/c11-7-6-14-10(9(12)15-7)16-8(17)4-2-1-3-5-13/h6H,1-5,13H2,(H,14,16,17). The van der Waals surface area contributed by atoms with E-state index in [9.17, 15) is 4.79 Å². The molecule has 3 N–H and O–H groups in total. The summed E-state index contributed by atoms with van der Waals surface area (Å²) in [4.78, 5) is 19.7. The van der Waals surface area contributed by atoms with Gasteiger partial charge in [0, 0.05) is 6.42 Å². The average Bonchev–Trinajstić information content (AvgIpc) is 2.28. The van der Waals surface area contributed by atoms with Crippen LogP contribution >= 0.6 is 31.9 Å². The fraction of sp³-hybridized carbons (Fsp3) is 0.500. The molecule has 0 radical (unpaired) electrons. The smallest absolute Gasteiger partial charge is 0.225 e. The summed E-state index contributed by atoms with van der Waals surface area (Å²) in [5, 5.41) is 2.70. The maximum Gasteiger partial charge on any atom is 0.225 e. The van der Waals surface area contributed by atoms with Gasteiger partial charge >= 0.3 is 0 Å². The first kappa shape index (κ1) is 14.5. The Hall–Kier alpha value is -0.530. The molecule has 0 aliphatic heterocycles. The van der Waals surface area contributed by atoms with Crippen LogP contribution in [0.1, 0.15) is 25.7 Å². The molecule has 0 atom stereocenters. The molecule has 1 amide bonds. The summed E-state index contributed by atoms with van der Waals surface area (Å²) >= 11 is 6.43. The first-order valence-electron chi connectivity index (χ1n) is 5.31. The molecule has 17 heavy (non-hydrogen) atoms. The van der Waals surface area contributed by atoms with Gasteiger partial charge in [0.1, 0.15) is 9.21 Å². The Balaban J connectivity index is 2.40. The normalized spacial score (nSPS) is 10.3. The van der Waals surface area contributed by atoms with E-state index >= 15 is 0 Å². The largest absolute Gasteiger partial charge is 0.330 e. The topological polar surface area (TPSA) is 80.9 Å². The molecule has 1 heterocycles. The number of carbonyl (C=O) groups excluding carboxylic acids is 1. The quantitative estimate of drug-likeness (QED) is 0.758. The van der Waals surface area contributed by atoms with Crippen LogP contribution in [-0.4, -0.2) is 22.4 Å². The fourth-order valence-electron chi connectivity index (χ4n) is 1.23. The van der Waals surface area contributed by atoms with Gasteiger partial charge in [-0.3, -0.25) is 4.79 Å². The minimum atomic E-state index is -0.0562. The lowest BCUT2D eigenvalue weighted by molar-refractivity contribution is -0.116. The molecule has 1 aromatic rings. The number of hydrogen-bond acceptors (Lipinski definition) is 4. The van der Waals surface area contributed by atoms with Gasteiger partial charge in [-0.1, -0.05) is 6.42 Å². The highest BCUT2D eigenvalue weighted by atomic mass is 79.9. The summed E-state index contributed by atoms with van der Waals surface area (Å²) in [6.45, 7) is 0.672. The highest BCUT2D eigenvalue weighted by Crippen LogP contribution is 2.19. The Morgan fingerprint density at radius 1 is 1.35 bits per heavy atom. The van der Waals surface area contributed by atoms with Crippen LogP contribution in [0.15, 0.2) is 15.4 Å². The van der Waals surface area contributed by atoms with Crippen LogP contribution < -0.4 is 11.1 Å². The summed E-state index contributed by atoms with van der Waals surface area (Å²) in [5.41, 5.74) is 5.37. The number of halogens is 2. The monoisotopic (exact) mass is 364 g/mol. The third-order valence-corrected chi connectivity index (χ3v) is 3.00. The first-order valence-corrected chi connectivity index (χ1v) is 6.90. The van der Waals surface area contributed by atoms with E-state index in [2.05, 4.69) is 47.1 Å². The van der Waals surface area contributed by atoms with E-state index in [0.717, 1.165) is 19.3 Å². The number of amides is 1. The summed E-state index contributed by atoms with van der Waals surface area (Å²) in [5.74, 6) is 0.386. The van der Waals surface area contributed by atoms with Crippen molar-refractivity contribution >= 4 is 43.6 Å². The lowest BCUT2D eigenvalue weighted by atomic mass is 10.2. The fourth-order valence-corrected chi connectivity index (χ4v) is 2.14. The van der Waals surface area contributed by atoms with Crippen LogP contribution in [0.5, 0.6) is 0 Å². The van der Waals surface area contributed by atoms with Crippen molar-refractivity contribution < 1.29 is 4.79 Å². The predicted molar refractivity (Wildman–Crippen MR) is 73.6 cm³/mol. The second-order valence-corrected chi connectivity index (χ2v) is 5.04. The summed E-state index contributed by atoms with van der Waals surface area (Å²) in [7, 11) is 0. The molecule has 0 bridgehead atoms. The van der Waals surface area contributed by atoms with Crippen molar-refractivity contribution in [1.82, 2.24) is 9.97 Å². The molecule has 0 saturated heterocycles. The van der Waals surface area contributed by atoms with Crippen molar-refractivity contribution in [3.05, 3.63) is 15.4 Å². The maximum absolute atomic E-state index is 11.6. The molecular weight excluding hydrogens is 352 g/mol. The van der Waals surface area contributed by atoms with Crippen molar-refractivity contribution in [3.63, 3.8) is 0 Å². The Bertz CT molecular complexity index is 387. The zero-order valence-corrected chi connectivity index (χ0v) is 12.4. The van der Waals surface area contributed by atoms with E-state index in [0.29, 0.717) is 28.0 Å². The van der Waals surface area contributed by atoms with E-state index in [-0.39, 0.29) is 5.91 Å². The molecule has 0 spiro atoms. The van der Waals surface area contributed by atoms with E-state index in [1.54, 1.807) is 0 Å². The number of rotatable bonds is 6. The van der Waals surface area contributed by atoms with Gasteiger partial charge in [0.25, 0.3) is 0 Å². The molecule has 0 fully saturated rings. The lowest BCUT2D eigenvalue weighted by Crippen LogP contribution is -2.13. The second-order valence-electron chi connectivity index (χ2n) is 3.48. The molecule has 0 aliphatic carbocycles. The lowest BCUT2D eigenvalue weighted by Gasteiger charge is -2.05. The van der Waals surface area contributed by atoms with Crippen molar-refractivity contribution in [2.24, 2.45) is 5.73 Å². The van der Waals surface area contributed by atoms with E-state index in [4.69, 9.17) is 5.73 Å². The number of nitrogens with one attached hydrogen (secondary N) is 1. The molecule has 7 heteroatoms. The summed E-state index contributed by atoms with van der Waals surface area (Å²) in [6.07, 6.45) is 4.77. The number of hydrogen-bond donors (Lipinski definition) is 2.